The number of hydrogen-bond acceptors (Lipinski definition) is 6. The van der Waals surface area contributed by atoms with Gasteiger partial charge in [0, 0.05) is 24.4 Å². The molecule has 7 heteroatoms. The lowest BCUT2D eigenvalue weighted by atomic mass is 10.2. The zero-order valence-corrected chi connectivity index (χ0v) is 11.3. The molecule has 0 saturated carbocycles. The Morgan fingerprint density at radius 2 is 2.29 bits per heavy atom. The predicted octanol–water partition coefficient (Wildman–Crippen LogP) is 2.64. The van der Waals surface area contributed by atoms with Crippen LogP contribution in [-0.2, 0) is 6.54 Å². The van der Waals surface area contributed by atoms with Gasteiger partial charge in [0.25, 0.3) is 0 Å². The maximum atomic E-state index is 11.1. The van der Waals surface area contributed by atoms with Crippen molar-refractivity contribution < 1.29 is 14.4 Å². The molecule has 0 atom stereocenters. The van der Waals surface area contributed by atoms with E-state index in [1.807, 2.05) is 18.2 Å². The van der Waals surface area contributed by atoms with Crippen LogP contribution in [0.15, 0.2) is 30.5 Å². The molecular formula is C14H13N3O4. The third-order valence-corrected chi connectivity index (χ3v) is 3.13. The maximum absolute atomic E-state index is 11.1. The summed E-state index contributed by atoms with van der Waals surface area (Å²) in [4.78, 5) is 14.7. The van der Waals surface area contributed by atoms with E-state index in [0.29, 0.717) is 18.0 Å². The highest BCUT2D eigenvalue weighted by molar-refractivity contribution is 5.58. The molecule has 0 aliphatic carbocycles. The SMILES string of the molecule is Cc1cnc(NCc2cccc3c2OCO3)c([N+](=O)[O-])c1. The van der Waals surface area contributed by atoms with E-state index in [9.17, 15) is 10.1 Å². The van der Waals surface area contributed by atoms with Crippen LogP contribution in [0.25, 0.3) is 0 Å². The van der Waals surface area contributed by atoms with Gasteiger partial charge in [0.05, 0.1) is 4.92 Å². The lowest BCUT2D eigenvalue weighted by molar-refractivity contribution is -0.384. The Balaban J connectivity index is 1.83. The summed E-state index contributed by atoms with van der Waals surface area (Å²) in [5, 5.41) is 14.0. The second-order valence-electron chi connectivity index (χ2n) is 4.64. The molecular weight excluding hydrogens is 274 g/mol. The molecule has 0 bridgehead atoms. The van der Waals surface area contributed by atoms with Crippen LogP contribution < -0.4 is 14.8 Å². The molecule has 3 rings (SSSR count). The second kappa shape index (κ2) is 5.28. The van der Waals surface area contributed by atoms with E-state index in [-0.39, 0.29) is 18.3 Å². The van der Waals surface area contributed by atoms with Gasteiger partial charge >= 0.3 is 5.69 Å². The molecule has 0 fully saturated rings. The fraction of sp³-hybridized carbons (Fsp3) is 0.214. The van der Waals surface area contributed by atoms with E-state index < -0.39 is 4.92 Å². The van der Waals surface area contributed by atoms with Crippen LogP contribution >= 0.6 is 0 Å². The Hall–Kier alpha value is -2.83. The monoisotopic (exact) mass is 287 g/mol. The van der Waals surface area contributed by atoms with Crippen LogP contribution in [-0.4, -0.2) is 16.7 Å². The number of nitrogens with one attached hydrogen (secondary N) is 1. The third kappa shape index (κ3) is 2.58. The molecule has 1 aromatic carbocycles. The highest BCUT2D eigenvalue weighted by Crippen LogP contribution is 2.35. The van der Waals surface area contributed by atoms with Gasteiger partial charge in [-0.1, -0.05) is 12.1 Å². The Labute approximate surface area is 120 Å². The number of nitrogens with zero attached hydrogens (tertiary/aromatic N) is 2. The number of rotatable bonds is 4. The molecule has 7 nitrogen and oxygen atoms in total. The number of benzene rings is 1. The van der Waals surface area contributed by atoms with Crippen LogP contribution in [0.4, 0.5) is 11.5 Å². The van der Waals surface area contributed by atoms with Crippen molar-refractivity contribution in [3.8, 4) is 11.5 Å². The summed E-state index contributed by atoms with van der Waals surface area (Å²) < 4.78 is 10.7. The summed E-state index contributed by atoms with van der Waals surface area (Å²) >= 11 is 0. The van der Waals surface area contributed by atoms with Gasteiger partial charge in [0.15, 0.2) is 11.5 Å². The fourth-order valence-electron chi connectivity index (χ4n) is 2.14. The van der Waals surface area contributed by atoms with E-state index >= 15 is 0 Å². The number of pyridine rings is 1. The van der Waals surface area contributed by atoms with Gasteiger partial charge in [-0.05, 0) is 18.6 Å². The van der Waals surface area contributed by atoms with Crippen LogP contribution in [0, 0.1) is 17.0 Å². The zero-order valence-electron chi connectivity index (χ0n) is 11.3. The quantitative estimate of drug-likeness (QED) is 0.687. The first-order chi connectivity index (χ1) is 10.1. The van der Waals surface area contributed by atoms with Crippen LogP contribution in [0.2, 0.25) is 0 Å². The first kappa shape index (κ1) is 13.2. The average Bonchev–Trinajstić information content (AvgIpc) is 2.94. The minimum atomic E-state index is -0.447. The van der Waals surface area contributed by atoms with Crippen molar-refractivity contribution in [2.75, 3.05) is 12.1 Å². The standard InChI is InChI=1S/C14H13N3O4/c1-9-5-11(17(18)19)14(15-6-9)16-7-10-3-2-4-12-13(10)21-8-20-12/h2-6H,7-8H2,1H3,(H,15,16). The molecule has 21 heavy (non-hydrogen) atoms. The average molecular weight is 287 g/mol. The van der Waals surface area contributed by atoms with Crippen molar-refractivity contribution >= 4 is 11.5 Å². The maximum Gasteiger partial charge on any atom is 0.311 e. The van der Waals surface area contributed by atoms with Crippen molar-refractivity contribution in [2.45, 2.75) is 13.5 Å². The van der Waals surface area contributed by atoms with Gasteiger partial charge in [0.2, 0.25) is 12.6 Å². The predicted molar refractivity (Wildman–Crippen MR) is 75.5 cm³/mol. The minimum absolute atomic E-state index is 0.0419. The molecule has 1 aliphatic heterocycles. The van der Waals surface area contributed by atoms with E-state index in [1.54, 1.807) is 13.1 Å². The van der Waals surface area contributed by atoms with Crippen molar-refractivity contribution in [3.05, 3.63) is 51.7 Å². The molecule has 1 N–H and O–H groups in total. The van der Waals surface area contributed by atoms with Gasteiger partial charge < -0.3 is 14.8 Å². The Morgan fingerprint density at radius 1 is 1.43 bits per heavy atom. The number of hydrogen-bond donors (Lipinski definition) is 1. The summed E-state index contributed by atoms with van der Waals surface area (Å²) in [6, 6.07) is 7.03. The molecule has 1 aromatic heterocycles. The van der Waals surface area contributed by atoms with Gasteiger partial charge in [-0.2, -0.15) is 0 Å². The van der Waals surface area contributed by atoms with E-state index in [0.717, 1.165) is 11.1 Å². The number of ether oxygens (including phenoxy) is 2. The Kier molecular flexibility index (Phi) is 3.31. The Bertz CT molecular complexity index is 703. The number of nitro groups is 1. The molecule has 0 spiro atoms. The van der Waals surface area contributed by atoms with Gasteiger partial charge in [-0.3, -0.25) is 10.1 Å². The first-order valence-electron chi connectivity index (χ1n) is 6.37. The molecule has 0 saturated heterocycles. The van der Waals surface area contributed by atoms with Crippen molar-refractivity contribution in [3.63, 3.8) is 0 Å². The highest BCUT2D eigenvalue weighted by atomic mass is 16.7. The normalized spacial score (nSPS) is 12.2. The van der Waals surface area contributed by atoms with Gasteiger partial charge in [-0.15, -0.1) is 0 Å². The zero-order chi connectivity index (χ0) is 14.8. The largest absolute Gasteiger partial charge is 0.454 e. The first-order valence-corrected chi connectivity index (χ1v) is 6.37. The van der Waals surface area contributed by atoms with Crippen LogP contribution in [0.5, 0.6) is 11.5 Å². The summed E-state index contributed by atoms with van der Waals surface area (Å²) in [6.07, 6.45) is 1.59. The van der Waals surface area contributed by atoms with Crippen molar-refractivity contribution in [1.29, 1.82) is 0 Å². The lowest BCUT2D eigenvalue weighted by Crippen LogP contribution is -2.05. The van der Waals surface area contributed by atoms with Crippen molar-refractivity contribution in [2.24, 2.45) is 0 Å². The van der Waals surface area contributed by atoms with Gasteiger partial charge in [-0.25, -0.2) is 4.98 Å². The van der Waals surface area contributed by atoms with Crippen LogP contribution in [0.1, 0.15) is 11.1 Å². The topological polar surface area (TPSA) is 86.5 Å². The summed E-state index contributed by atoms with van der Waals surface area (Å²) in [5.74, 6) is 1.59. The molecule has 2 aromatic rings. The summed E-state index contributed by atoms with van der Waals surface area (Å²) in [7, 11) is 0. The smallest absolute Gasteiger partial charge is 0.311 e. The molecule has 0 unspecified atom stereocenters. The number of fused-ring (bicyclic) bond motifs is 1. The fourth-order valence-corrected chi connectivity index (χ4v) is 2.14. The van der Waals surface area contributed by atoms with Crippen LogP contribution in [0.3, 0.4) is 0 Å². The molecule has 108 valence electrons. The van der Waals surface area contributed by atoms with Crippen molar-refractivity contribution in [1.82, 2.24) is 4.98 Å². The molecule has 0 amide bonds. The number of anilines is 1. The van der Waals surface area contributed by atoms with E-state index in [4.69, 9.17) is 9.47 Å². The molecule has 1 aliphatic rings. The lowest BCUT2D eigenvalue weighted by Gasteiger charge is -2.08. The third-order valence-electron chi connectivity index (χ3n) is 3.13. The minimum Gasteiger partial charge on any atom is -0.454 e. The number of para-hydroxylation sites is 1. The Morgan fingerprint density at radius 3 is 3.10 bits per heavy atom. The number of aryl methyl sites for hydroxylation is 1. The van der Waals surface area contributed by atoms with Gasteiger partial charge in [0.1, 0.15) is 0 Å². The second-order valence-corrected chi connectivity index (χ2v) is 4.64. The summed E-state index contributed by atoms with van der Waals surface area (Å²) in [5.41, 5.74) is 1.56. The molecule has 0 radical (unpaired) electrons. The van der Waals surface area contributed by atoms with E-state index in [1.165, 1.54) is 6.07 Å². The number of aromatic nitrogens is 1. The molecule has 2 heterocycles. The van der Waals surface area contributed by atoms with E-state index in [2.05, 4.69) is 10.3 Å². The summed E-state index contributed by atoms with van der Waals surface area (Å²) in [6.45, 7) is 2.32. The highest BCUT2D eigenvalue weighted by Gasteiger charge is 2.19.